The minimum absolute atomic E-state index is 0.130. The summed E-state index contributed by atoms with van der Waals surface area (Å²) in [6.07, 6.45) is 0. The van der Waals surface area contributed by atoms with E-state index in [1.54, 1.807) is 29.6 Å². The molecule has 2 heterocycles. The van der Waals surface area contributed by atoms with Crippen molar-refractivity contribution in [2.75, 3.05) is 10.6 Å². The Hall–Kier alpha value is -3.11. The summed E-state index contributed by atoms with van der Waals surface area (Å²) in [7, 11) is 0. The monoisotopic (exact) mass is 458 g/mol. The number of furan rings is 1. The zero-order chi connectivity index (χ0) is 22.4. The molecule has 1 atom stereocenters. The van der Waals surface area contributed by atoms with Crippen LogP contribution in [0.3, 0.4) is 0 Å². The van der Waals surface area contributed by atoms with Gasteiger partial charge < -0.3 is 20.4 Å². The maximum absolute atomic E-state index is 12.5. The van der Waals surface area contributed by atoms with E-state index in [0.29, 0.717) is 34.6 Å². The molecule has 10 heteroatoms. The molecule has 162 valence electrons. The van der Waals surface area contributed by atoms with Gasteiger partial charge in [0.05, 0.1) is 11.8 Å². The van der Waals surface area contributed by atoms with Gasteiger partial charge in [-0.15, -0.1) is 23.1 Å². The van der Waals surface area contributed by atoms with E-state index in [1.165, 1.54) is 36.9 Å². The standard InChI is InChI=1S/C21H22N4O4S2/c1-12(31-17-7-4-15(5-8-17)23-14(3)27)20(28)25-21-24-18(11-30-21)19-9-6-16(29-19)10-22-13(2)26/h4-9,11-12H,10H2,1-3H3,(H,22,26)(H,23,27)(H,24,25,28). The molecule has 3 amide bonds. The summed E-state index contributed by atoms with van der Waals surface area (Å²) in [5.74, 6) is 0.765. The summed E-state index contributed by atoms with van der Waals surface area (Å²) in [5, 5.41) is 10.2. The Morgan fingerprint density at radius 1 is 1.06 bits per heavy atom. The molecule has 3 aromatic rings. The lowest BCUT2D eigenvalue weighted by Crippen LogP contribution is -2.22. The van der Waals surface area contributed by atoms with Gasteiger partial charge in [0.1, 0.15) is 11.5 Å². The molecule has 0 saturated heterocycles. The summed E-state index contributed by atoms with van der Waals surface area (Å²) < 4.78 is 5.68. The van der Waals surface area contributed by atoms with Crippen molar-refractivity contribution < 1.29 is 18.8 Å². The van der Waals surface area contributed by atoms with Crippen molar-refractivity contribution in [3.05, 3.63) is 47.5 Å². The third kappa shape index (κ3) is 6.69. The molecule has 3 N–H and O–H groups in total. The van der Waals surface area contributed by atoms with Crippen LogP contribution in [0.1, 0.15) is 26.5 Å². The summed E-state index contributed by atoms with van der Waals surface area (Å²) in [5.41, 5.74) is 1.32. The molecular formula is C21H22N4O4S2. The van der Waals surface area contributed by atoms with Gasteiger partial charge in [0, 0.05) is 29.8 Å². The lowest BCUT2D eigenvalue weighted by atomic mass is 10.3. The van der Waals surface area contributed by atoms with E-state index in [4.69, 9.17) is 4.42 Å². The van der Waals surface area contributed by atoms with Gasteiger partial charge in [0.2, 0.25) is 17.7 Å². The van der Waals surface area contributed by atoms with Crippen molar-refractivity contribution in [1.29, 1.82) is 0 Å². The summed E-state index contributed by atoms with van der Waals surface area (Å²) >= 11 is 2.72. The lowest BCUT2D eigenvalue weighted by molar-refractivity contribution is -0.119. The third-order valence-corrected chi connectivity index (χ3v) is 5.89. The molecule has 0 saturated carbocycles. The summed E-state index contributed by atoms with van der Waals surface area (Å²) in [4.78, 5) is 40.0. The number of thiazole rings is 1. The maximum Gasteiger partial charge on any atom is 0.239 e. The first-order chi connectivity index (χ1) is 14.8. The number of nitrogens with one attached hydrogen (secondary N) is 3. The van der Waals surface area contributed by atoms with Gasteiger partial charge in [-0.25, -0.2) is 4.98 Å². The first-order valence-corrected chi connectivity index (χ1v) is 11.2. The Morgan fingerprint density at radius 3 is 2.48 bits per heavy atom. The number of rotatable bonds is 8. The SMILES string of the molecule is CC(=O)NCc1ccc(-c2csc(NC(=O)C(C)Sc3ccc(NC(C)=O)cc3)n2)o1. The number of benzene rings is 1. The molecule has 0 spiro atoms. The first-order valence-electron chi connectivity index (χ1n) is 9.44. The fourth-order valence-corrected chi connectivity index (χ4v) is 4.12. The van der Waals surface area contributed by atoms with Gasteiger partial charge in [0.15, 0.2) is 10.9 Å². The van der Waals surface area contributed by atoms with Crippen LogP contribution in [-0.4, -0.2) is 28.0 Å². The molecule has 0 aliphatic carbocycles. The molecule has 2 aromatic heterocycles. The lowest BCUT2D eigenvalue weighted by Gasteiger charge is -2.11. The van der Waals surface area contributed by atoms with E-state index in [9.17, 15) is 14.4 Å². The van der Waals surface area contributed by atoms with Crippen molar-refractivity contribution in [2.45, 2.75) is 37.5 Å². The predicted octanol–water partition coefficient (Wildman–Crippen LogP) is 4.12. The number of hydrogen-bond donors (Lipinski definition) is 3. The fraction of sp³-hybridized carbons (Fsp3) is 0.238. The van der Waals surface area contributed by atoms with Crippen LogP contribution in [0.4, 0.5) is 10.8 Å². The highest BCUT2D eigenvalue weighted by Crippen LogP contribution is 2.29. The molecular weight excluding hydrogens is 436 g/mol. The van der Waals surface area contributed by atoms with Crippen LogP contribution in [0.2, 0.25) is 0 Å². The molecule has 31 heavy (non-hydrogen) atoms. The largest absolute Gasteiger partial charge is 0.458 e. The van der Waals surface area contributed by atoms with E-state index in [2.05, 4.69) is 20.9 Å². The Morgan fingerprint density at radius 2 is 1.81 bits per heavy atom. The second kappa shape index (κ2) is 10.3. The topological polar surface area (TPSA) is 113 Å². The second-order valence-electron chi connectivity index (χ2n) is 6.67. The van der Waals surface area contributed by atoms with E-state index in [1.807, 2.05) is 19.1 Å². The van der Waals surface area contributed by atoms with E-state index in [0.717, 1.165) is 4.90 Å². The van der Waals surface area contributed by atoms with Crippen molar-refractivity contribution in [1.82, 2.24) is 10.3 Å². The van der Waals surface area contributed by atoms with Crippen LogP contribution >= 0.6 is 23.1 Å². The zero-order valence-corrected chi connectivity index (χ0v) is 18.9. The highest BCUT2D eigenvalue weighted by atomic mass is 32.2. The smallest absolute Gasteiger partial charge is 0.239 e. The molecule has 0 aliphatic heterocycles. The molecule has 8 nitrogen and oxygen atoms in total. The molecule has 0 fully saturated rings. The number of amides is 3. The van der Waals surface area contributed by atoms with Crippen LogP contribution in [0.15, 0.2) is 51.1 Å². The second-order valence-corrected chi connectivity index (χ2v) is 8.94. The van der Waals surface area contributed by atoms with Crippen LogP contribution in [0, 0.1) is 0 Å². The molecule has 0 bridgehead atoms. The van der Waals surface area contributed by atoms with Crippen molar-refractivity contribution in [3.8, 4) is 11.5 Å². The highest BCUT2D eigenvalue weighted by Gasteiger charge is 2.17. The van der Waals surface area contributed by atoms with Crippen LogP contribution in [0.25, 0.3) is 11.5 Å². The Bertz CT molecular complexity index is 1080. The van der Waals surface area contributed by atoms with Gasteiger partial charge in [-0.2, -0.15) is 0 Å². The number of anilines is 2. The Balaban J connectivity index is 1.55. The van der Waals surface area contributed by atoms with Gasteiger partial charge >= 0.3 is 0 Å². The first kappa shape index (κ1) is 22.6. The molecule has 1 aromatic carbocycles. The molecule has 3 rings (SSSR count). The number of carbonyl (C=O) groups is 3. The fourth-order valence-electron chi connectivity index (χ4n) is 2.55. The molecule has 1 unspecified atom stereocenters. The van der Waals surface area contributed by atoms with Crippen LogP contribution in [0.5, 0.6) is 0 Å². The average Bonchev–Trinajstić information content (AvgIpc) is 3.36. The summed E-state index contributed by atoms with van der Waals surface area (Å²) in [6.45, 7) is 5.02. The number of aromatic nitrogens is 1. The van der Waals surface area contributed by atoms with Gasteiger partial charge in [-0.3, -0.25) is 14.4 Å². The molecule has 0 radical (unpaired) electrons. The number of nitrogens with zero attached hydrogens (tertiary/aromatic N) is 1. The Labute approximate surface area is 187 Å². The quantitative estimate of drug-likeness (QED) is 0.438. The number of thioether (sulfide) groups is 1. The van der Waals surface area contributed by atoms with Gasteiger partial charge in [-0.1, -0.05) is 0 Å². The third-order valence-electron chi connectivity index (χ3n) is 4.02. The molecule has 0 aliphatic rings. The van der Waals surface area contributed by atoms with Crippen molar-refractivity contribution in [2.24, 2.45) is 0 Å². The van der Waals surface area contributed by atoms with Crippen molar-refractivity contribution >= 4 is 51.6 Å². The highest BCUT2D eigenvalue weighted by molar-refractivity contribution is 8.00. The minimum Gasteiger partial charge on any atom is -0.458 e. The maximum atomic E-state index is 12.5. The average molecular weight is 459 g/mol. The van der Waals surface area contributed by atoms with E-state index < -0.39 is 0 Å². The van der Waals surface area contributed by atoms with Gasteiger partial charge in [-0.05, 0) is 43.3 Å². The zero-order valence-electron chi connectivity index (χ0n) is 17.2. The van der Waals surface area contributed by atoms with Crippen molar-refractivity contribution in [3.63, 3.8) is 0 Å². The van der Waals surface area contributed by atoms with Gasteiger partial charge in [0.25, 0.3) is 0 Å². The van der Waals surface area contributed by atoms with Crippen LogP contribution in [-0.2, 0) is 20.9 Å². The number of hydrogen-bond acceptors (Lipinski definition) is 7. The predicted molar refractivity (Wildman–Crippen MR) is 122 cm³/mol. The van der Waals surface area contributed by atoms with E-state index >= 15 is 0 Å². The van der Waals surface area contributed by atoms with E-state index in [-0.39, 0.29) is 23.0 Å². The van der Waals surface area contributed by atoms with Crippen LogP contribution < -0.4 is 16.0 Å². The Kier molecular flexibility index (Phi) is 7.48. The minimum atomic E-state index is -0.341. The number of carbonyl (C=O) groups excluding carboxylic acids is 3. The summed E-state index contributed by atoms with van der Waals surface area (Å²) in [6, 6.07) is 10.9. The normalized spacial score (nSPS) is 11.6.